The molecule has 1 atom stereocenters. The Morgan fingerprint density at radius 1 is 0.952 bits per heavy atom. The summed E-state index contributed by atoms with van der Waals surface area (Å²) in [6.07, 6.45) is 5.82. The van der Waals surface area contributed by atoms with Crippen LogP contribution in [0.1, 0.15) is 74.7 Å². The normalized spacial score (nSPS) is 15.6. The van der Waals surface area contributed by atoms with Crippen LogP contribution >= 0.6 is 23.2 Å². The van der Waals surface area contributed by atoms with Gasteiger partial charge in [-0.1, -0.05) is 85.6 Å². The summed E-state index contributed by atoms with van der Waals surface area (Å²) < 4.78 is 5.49. The van der Waals surface area contributed by atoms with Gasteiger partial charge in [0.25, 0.3) is 5.91 Å². The molecule has 0 aliphatic carbocycles. The minimum Gasteiger partial charge on any atom is -0.466 e. The van der Waals surface area contributed by atoms with Crippen LogP contribution in [0, 0.1) is 0 Å². The van der Waals surface area contributed by atoms with Crippen LogP contribution in [0.15, 0.2) is 72.8 Å². The summed E-state index contributed by atoms with van der Waals surface area (Å²) in [7, 11) is 0. The van der Waals surface area contributed by atoms with Crippen molar-refractivity contribution in [1.29, 1.82) is 0 Å². The number of amides is 1. The summed E-state index contributed by atoms with van der Waals surface area (Å²) in [4.78, 5) is 28.5. The Balaban J connectivity index is 1.32. The summed E-state index contributed by atoms with van der Waals surface area (Å²) >= 11 is 12.4. The molecule has 0 bridgehead atoms. The van der Waals surface area contributed by atoms with Gasteiger partial charge in [0.05, 0.1) is 13.0 Å². The third-order valence-electron chi connectivity index (χ3n) is 8.45. The second-order valence-corrected chi connectivity index (χ2v) is 12.2. The smallest absolute Gasteiger partial charge is 0.306 e. The molecule has 5 nitrogen and oxygen atoms in total. The van der Waals surface area contributed by atoms with Gasteiger partial charge in [-0.2, -0.15) is 0 Å². The van der Waals surface area contributed by atoms with Crippen LogP contribution in [0.25, 0.3) is 11.1 Å². The van der Waals surface area contributed by atoms with E-state index in [0.29, 0.717) is 28.6 Å². The Labute approximate surface area is 260 Å². The van der Waals surface area contributed by atoms with Crippen molar-refractivity contribution in [1.82, 2.24) is 10.2 Å². The molecule has 1 heterocycles. The van der Waals surface area contributed by atoms with E-state index in [9.17, 15) is 9.59 Å². The summed E-state index contributed by atoms with van der Waals surface area (Å²) in [5, 5.41) is 4.44. The number of carbonyl (C=O) groups excluding carboxylic acids is 2. The Morgan fingerprint density at radius 2 is 1.64 bits per heavy atom. The zero-order valence-corrected chi connectivity index (χ0v) is 26.2. The minimum atomic E-state index is -0.225. The van der Waals surface area contributed by atoms with E-state index in [1.54, 1.807) is 12.1 Å². The lowest BCUT2D eigenvalue weighted by molar-refractivity contribution is -0.145. The number of hydrogen-bond donors (Lipinski definition) is 1. The molecule has 0 radical (unpaired) electrons. The molecule has 224 valence electrons. The second kappa shape index (κ2) is 15.6. The van der Waals surface area contributed by atoms with Crippen LogP contribution in [-0.2, 0) is 14.9 Å². The molecule has 1 aliphatic heterocycles. The Hall–Kier alpha value is -2.86. The van der Waals surface area contributed by atoms with Crippen LogP contribution in [0.2, 0.25) is 10.0 Å². The monoisotopic (exact) mass is 608 g/mol. The highest BCUT2D eigenvalue weighted by molar-refractivity contribution is 6.31. The van der Waals surface area contributed by atoms with Crippen molar-refractivity contribution in [3.05, 3.63) is 94.0 Å². The molecule has 0 saturated carbocycles. The van der Waals surface area contributed by atoms with Gasteiger partial charge in [0.2, 0.25) is 0 Å². The van der Waals surface area contributed by atoms with Gasteiger partial charge in [-0.3, -0.25) is 9.59 Å². The highest BCUT2D eigenvalue weighted by atomic mass is 35.5. The van der Waals surface area contributed by atoms with Gasteiger partial charge in [0.15, 0.2) is 0 Å². The van der Waals surface area contributed by atoms with Crippen molar-refractivity contribution in [3.8, 4) is 11.1 Å². The number of esters is 1. The number of hydrogen-bond acceptors (Lipinski definition) is 4. The number of ether oxygens (including phenoxy) is 1. The van der Waals surface area contributed by atoms with E-state index in [1.807, 2.05) is 43.3 Å². The second-order valence-electron chi connectivity index (χ2n) is 11.3. The van der Waals surface area contributed by atoms with Crippen LogP contribution in [0.3, 0.4) is 0 Å². The maximum Gasteiger partial charge on any atom is 0.306 e. The zero-order chi connectivity index (χ0) is 30.0. The first-order valence-electron chi connectivity index (χ1n) is 15.1. The molecule has 1 unspecified atom stereocenters. The quantitative estimate of drug-likeness (QED) is 0.198. The average Bonchev–Trinajstić information content (AvgIpc) is 3.01. The number of benzene rings is 3. The van der Waals surface area contributed by atoms with E-state index in [2.05, 4.69) is 41.4 Å². The molecule has 1 amide bonds. The first kappa shape index (κ1) is 32.1. The molecule has 1 N–H and O–H groups in total. The number of halogens is 2. The molecule has 4 rings (SSSR count). The average molecular weight is 610 g/mol. The minimum absolute atomic E-state index is 0.105. The fourth-order valence-corrected chi connectivity index (χ4v) is 6.26. The van der Waals surface area contributed by atoms with Crippen LogP contribution in [0.4, 0.5) is 0 Å². The lowest BCUT2D eigenvalue weighted by Crippen LogP contribution is -2.45. The molecule has 7 heteroatoms. The highest BCUT2D eigenvalue weighted by Crippen LogP contribution is 2.37. The molecule has 0 spiro atoms. The lowest BCUT2D eigenvalue weighted by atomic mass is 9.72. The summed E-state index contributed by atoms with van der Waals surface area (Å²) in [6, 6.07) is 23.4. The third-order valence-corrected chi connectivity index (χ3v) is 8.93. The van der Waals surface area contributed by atoms with E-state index in [-0.39, 0.29) is 23.3 Å². The van der Waals surface area contributed by atoms with Crippen molar-refractivity contribution >= 4 is 35.1 Å². The van der Waals surface area contributed by atoms with Crippen molar-refractivity contribution in [3.63, 3.8) is 0 Å². The Bertz CT molecular complexity index is 1310. The molecule has 1 saturated heterocycles. The van der Waals surface area contributed by atoms with E-state index < -0.39 is 0 Å². The molecule has 42 heavy (non-hydrogen) atoms. The largest absolute Gasteiger partial charge is 0.466 e. The van der Waals surface area contributed by atoms with Gasteiger partial charge in [-0.25, -0.2) is 0 Å². The van der Waals surface area contributed by atoms with Gasteiger partial charge >= 0.3 is 5.97 Å². The molecule has 1 fully saturated rings. The van der Waals surface area contributed by atoms with E-state index in [4.69, 9.17) is 27.9 Å². The zero-order valence-electron chi connectivity index (χ0n) is 24.7. The van der Waals surface area contributed by atoms with Gasteiger partial charge in [-0.05, 0) is 86.0 Å². The predicted molar refractivity (Wildman–Crippen MR) is 172 cm³/mol. The predicted octanol–water partition coefficient (Wildman–Crippen LogP) is 8.33. The summed E-state index contributed by atoms with van der Waals surface area (Å²) in [5.74, 6) is -0.218. The highest BCUT2D eigenvalue weighted by Gasteiger charge is 2.33. The van der Waals surface area contributed by atoms with Crippen LogP contribution in [-0.4, -0.2) is 49.1 Å². The van der Waals surface area contributed by atoms with Crippen molar-refractivity contribution in [2.45, 2.75) is 70.3 Å². The fraction of sp³-hybridized carbons (Fsp3) is 0.429. The van der Waals surface area contributed by atoms with Gasteiger partial charge in [0, 0.05) is 40.2 Å². The topological polar surface area (TPSA) is 58.6 Å². The number of carbonyl (C=O) groups is 2. The molecule has 3 aromatic carbocycles. The van der Waals surface area contributed by atoms with Gasteiger partial charge in [-0.15, -0.1) is 0 Å². The Morgan fingerprint density at radius 3 is 2.31 bits per heavy atom. The van der Waals surface area contributed by atoms with Gasteiger partial charge in [0.1, 0.15) is 0 Å². The number of rotatable bonds is 13. The standard InChI is InChI=1S/C35H42Cl2N2O3/c1-3-23-42-33(40)25-35(4-2,27-9-6-5-7-10-27)19-8-20-39-21-17-30(18-22-39)38-34(41)32-24-29(37)15-16-31(32)26-11-13-28(36)14-12-26/h5-7,9-16,24,30H,3-4,8,17-23,25H2,1-2H3,(H,38,41). The molecule has 1 aliphatic rings. The van der Waals surface area contributed by atoms with E-state index >= 15 is 0 Å². The maximum absolute atomic E-state index is 13.4. The summed E-state index contributed by atoms with van der Waals surface area (Å²) in [6.45, 7) is 7.47. The maximum atomic E-state index is 13.4. The van der Waals surface area contributed by atoms with E-state index in [1.165, 1.54) is 5.56 Å². The first-order valence-corrected chi connectivity index (χ1v) is 15.9. The number of nitrogens with zero attached hydrogens (tertiary/aromatic N) is 1. The van der Waals surface area contributed by atoms with E-state index in [0.717, 1.165) is 69.3 Å². The first-order chi connectivity index (χ1) is 20.3. The number of likely N-dealkylation sites (tertiary alicyclic amines) is 1. The lowest BCUT2D eigenvalue weighted by Gasteiger charge is -2.35. The van der Waals surface area contributed by atoms with Crippen LogP contribution in [0.5, 0.6) is 0 Å². The molecule has 0 aromatic heterocycles. The van der Waals surface area contributed by atoms with Crippen molar-refractivity contribution in [2.24, 2.45) is 0 Å². The van der Waals surface area contributed by atoms with Crippen molar-refractivity contribution in [2.75, 3.05) is 26.2 Å². The van der Waals surface area contributed by atoms with Crippen molar-refractivity contribution < 1.29 is 14.3 Å². The number of nitrogens with one attached hydrogen (secondary N) is 1. The molecule has 3 aromatic rings. The fourth-order valence-electron chi connectivity index (χ4n) is 5.97. The molecular weight excluding hydrogens is 567 g/mol. The molecular formula is C35H42Cl2N2O3. The SMILES string of the molecule is CCCOC(=O)CC(CC)(CCCN1CCC(NC(=O)c2cc(Cl)ccc2-c2ccc(Cl)cc2)CC1)c1ccccc1. The summed E-state index contributed by atoms with van der Waals surface area (Å²) in [5.41, 5.74) is 3.32. The van der Waals surface area contributed by atoms with Gasteiger partial charge < -0.3 is 15.0 Å². The third kappa shape index (κ3) is 8.59. The van der Waals surface area contributed by atoms with Crippen LogP contribution < -0.4 is 5.32 Å². The Kier molecular flexibility index (Phi) is 11.9. The number of piperidine rings is 1.